The molecule has 1 saturated heterocycles. The van der Waals surface area contributed by atoms with Crippen LogP contribution in [-0.2, 0) is 14.3 Å². The first-order valence-electron chi connectivity index (χ1n) is 8.90. The first-order chi connectivity index (χ1) is 12.5. The highest BCUT2D eigenvalue weighted by molar-refractivity contribution is 7.98. The maximum absolute atomic E-state index is 12.9. The predicted molar refractivity (Wildman–Crippen MR) is 103 cm³/mol. The zero-order chi connectivity index (χ0) is 18.9. The third kappa shape index (κ3) is 6.53. The van der Waals surface area contributed by atoms with Gasteiger partial charge in [0.15, 0.2) is 6.61 Å². The summed E-state index contributed by atoms with van der Waals surface area (Å²) in [5.41, 5.74) is 0. The highest BCUT2D eigenvalue weighted by Gasteiger charge is 2.31. The van der Waals surface area contributed by atoms with Crippen molar-refractivity contribution in [3.05, 3.63) is 30.3 Å². The van der Waals surface area contributed by atoms with Gasteiger partial charge in [0.2, 0.25) is 5.91 Å². The van der Waals surface area contributed by atoms with Crippen LogP contribution in [0.1, 0.15) is 20.3 Å². The zero-order valence-corrected chi connectivity index (χ0v) is 16.5. The number of hydrogen-bond donors (Lipinski definition) is 1. The summed E-state index contributed by atoms with van der Waals surface area (Å²) in [6, 6.07) is 8.62. The fraction of sp³-hybridized carbons (Fsp3) is 0.579. The van der Waals surface area contributed by atoms with Gasteiger partial charge in [0.1, 0.15) is 11.8 Å². The SMILES string of the molecule is CSCC[C@@H](NC(=O)COc1ccccc1)C(=O)N1C[C@@H](C)O[C@@H](C)C1. The molecule has 3 atom stereocenters. The van der Waals surface area contributed by atoms with Gasteiger partial charge in [0.25, 0.3) is 5.91 Å². The van der Waals surface area contributed by atoms with Crippen LogP contribution in [0.5, 0.6) is 5.75 Å². The molecule has 6 nitrogen and oxygen atoms in total. The number of morpholine rings is 1. The molecule has 0 bridgehead atoms. The molecule has 1 heterocycles. The van der Waals surface area contributed by atoms with Gasteiger partial charge in [-0.1, -0.05) is 18.2 Å². The van der Waals surface area contributed by atoms with Crippen molar-refractivity contribution in [2.24, 2.45) is 0 Å². The standard InChI is InChI=1S/C19H28N2O4S/c1-14-11-21(12-15(2)25-14)19(23)17(9-10-26-3)20-18(22)13-24-16-7-5-4-6-8-16/h4-8,14-15,17H,9-13H2,1-3H3,(H,20,22)/t14-,15+,17-/m1/s1. The molecule has 0 spiro atoms. The molecule has 2 amide bonds. The number of benzene rings is 1. The van der Waals surface area contributed by atoms with Crippen molar-refractivity contribution < 1.29 is 19.1 Å². The summed E-state index contributed by atoms with van der Waals surface area (Å²) < 4.78 is 11.2. The van der Waals surface area contributed by atoms with Gasteiger partial charge in [-0.15, -0.1) is 0 Å². The number of rotatable bonds is 8. The minimum Gasteiger partial charge on any atom is -0.484 e. The smallest absolute Gasteiger partial charge is 0.258 e. The van der Waals surface area contributed by atoms with Crippen molar-refractivity contribution in [2.45, 2.75) is 38.5 Å². The van der Waals surface area contributed by atoms with Crippen LogP contribution in [0.3, 0.4) is 0 Å². The van der Waals surface area contributed by atoms with Gasteiger partial charge in [0, 0.05) is 13.1 Å². The molecular formula is C19H28N2O4S. The maximum atomic E-state index is 12.9. The fourth-order valence-electron chi connectivity index (χ4n) is 2.97. The van der Waals surface area contributed by atoms with E-state index in [2.05, 4.69) is 5.32 Å². The van der Waals surface area contributed by atoms with Crippen LogP contribution >= 0.6 is 11.8 Å². The summed E-state index contributed by atoms with van der Waals surface area (Å²) in [4.78, 5) is 27.0. The Kier molecular flexibility index (Phi) is 8.25. The molecule has 1 aromatic carbocycles. The Hall–Kier alpha value is -1.73. The number of nitrogens with one attached hydrogen (secondary N) is 1. The number of ether oxygens (including phenoxy) is 2. The molecule has 1 fully saturated rings. The third-order valence-electron chi connectivity index (χ3n) is 4.09. The number of thioether (sulfide) groups is 1. The van der Waals surface area contributed by atoms with Crippen molar-refractivity contribution in [3.63, 3.8) is 0 Å². The minimum absolute atomic E-state index is 0.000940. The van der Waals surface area contributed by atoms with E-state index in [1.54, 1.807) is 28.8 Å². The number of hydrogen-bond acceptors (Lipinski definition) is 5. The van der Waals surface area contributed by atoms with Crippen molar-refractivity contribution >= 4 is 23.6 Å². The van der Waals surface area contributed by atoms with Gasteiger partial charge < -0.3 is 19.7 Å². The largest absolute Gasteiger partial charge is 0.484 e. The highest BCUT2D eigenvalue weighted by Crippen LogP contribution is 2.14. The lowest BCUT2D eigenvalue weighted by Crippen LogP contribution is -2.55. The van der Waals surface area contributed by atoms with Crippen LogP contribution in [-0.4, -0.2) is 66.7 Å². The van der Waals surface area contributed by atoms with Gasteiger partial charge in [-0.2, -0.15) is 11.8 Å². The summed E-state index contributed by atoms with van der Waals surface area (Å²) >= 11 is 1.65. The number of carbonyl (C=O) groups excluding carboxylic acids is 2. The minimum atomic E-state index is -0.535. The molecule has 0 aromatic heterocycles. The molecule has 1 aliphatic rings. The molecular weight excluding hydrogens is 352 g/mol. The maximum Gasteiger partial charge on any atom is 0.258 e. The number of carbonyl (C=O) groups is 2. The normalized spacial score (nSPS) is 21.1. The number of amides is 2. The second-order valence-corrected chi connectivity index (χ2v) is 7.49. The first kappa shape index (κ1) is 20.6. The Balaban J connectivity index is 1.92. The zero-order valence-electron chi connectivity index (χ0n) is 15.6. The molecule has 0 saturated carbocycles. The van der Waals surface area contributed by atoms with E-state index in [9.17, 15) is 9.59 Å². The molecule has 1 aliphatic heterocycles. The predicted octanol–water partition coefficient (Wildman–Crippen LogP) is 1.94. The van der Waals surface area contributed by atoms with Crippen LogP contribution < -0.4 is 10.1 Å². The topological polar surface area (TPSA) is 67.9 Å². The van der Waals surface area contributed by atoms with E-state index in [1.807, 2.05) is 38.3 Å². The van der Waals surface area contributed by atoms with Crippen molar-refractivity contribution in [2.75, 3.05) is 31.7 Å². The van der Waals surface area contributed by atoms with Crippen LogP contribution in [0.25, 0.3) is 0 Å². The third-order valence-corrected chi connectivity index (χ3v) is 4.73. The van der Waals surface area contributed by atoms with E-state index in [1.165, 1.54) is 0 Å². The van der Waals surface area contributed by atoms with Crippen molar-refractivity contribution in [1.29, 1.82) is 0 Å². The van der Waals surface area contributed by atoms with Crippen molar-refractivity contribution in [3.8, 4) is 5.75 Å². The molecule has 1 aromatic rings. The molecule has 0 unspecified atom stereocenters. The van der Waals surface area contributed by atoms with E-state index in [4.69, 9.17) is 9.47 Å². The van der Waals surface area contributed by atoms with E-state index >= 15 is 0 Å². The molecule has 0 radical (unpaired) electrons. The lowest BCUT2D eigenvalue weighted by molar-refractivity contribution is -0.147. The van der Waals surface area contributed by atoms with Gasteiger partial charge in [-0.05, 0) is 44.4 Å². The monoisotopic (exact) mass is 380 g/mol. The Labute approximate surface area is 159 Å². The Bertz CT molecular complexity index is 574. The van der Waals surface area contributed by atoms with Gasteiger partial charge in [-0.25, -0.2) is 0 Å². The lowest BCUT2D eigenvalue weighted by atomic mass is 10.1. The van der Waals surface area contributed by atoms with Crippen LogP contribution in [0.2, 0.25) is 0 Å². The molecule has 26 heavy (non-hydrogen) atoms. The summed E-state index contributed by atoms with van der Waals surface area (Å²) in [6.45, 7) is 4.91. The first-order valence-corrected chi connectivity index (χ1v) is 10.3. The van der Waals surface area contributed by atoms with Crippen LogP contribution in [0, 0.1) is 0 Å². The molecule has 7 heteroatoms. The van der Waals surface area contributed by atoms with E-state index in [0.29, 0.717) is 25.3 Å². The second-order valence-electron chi connectivity index (χ2n) is 6.50. The summed E-state index contributed by atoms with van der Waals surface area (Å²) in [5.74, 6) is 1.09. The van der Waals surface area contributed by atoms with Gasteiger partial charge in [0.05, 0.1) is 12.2 Å². The van der Waals surface area contributed by atoms with Crippen LogP contribution in [0.4, 0.5) is 0 Å². The van der Waals surface area contributed by atoms with Crippen molar-refractivity contribution in [1.82, 2.24) is 10.2 Å². The fourth-order valence-corrected chi connectivity index (χ4v) is 3.44. The Morgan fingerprint density at radius 3 is 2.54 bits per heavy atom. The quantitative estimate of drug-likeness (QED) is 0.747. The molecule has 2 rings (SSSR count). The average Bonchev–Trinajstić information content (AvgIpc) is 2.63. The second kappa shape index (κ2) is 10.4. The molecule has 1 N–H and O–H groups in total. The Morgan fingerprint density at radius 2 is 1.92 bits per heavy atom. The summed E-state index contributed by atoms with van der Waals surface area (Å²) in [5, 5.41) is 2.84. The van der Waals surface area contributed by atoms with E-state index in [0.717, 1.165) is 5.75 Å². The number of para-hydroxylation sites is 1. The molecule has 144 valence electrons. The average molecular weight is 381 g/mol. The number of nitrogens with zero attached hydrogens (tertiary/aromatic N) is 1. The Morgan fingerprint density at radius 1 is 1.27 bits per heavy atom. The summed E-state index contributed by atoms with van der Waals surface area (Å²) in [7, 11) is 0. The van der Waals surface area contributed by atoms with E-state index < -0.39 is 6.04 Å². The highest BCUT2D eigenvalue weighted by atomic mass is 32.2. The summed E-state index contributed by atoms with van der Waals surface area (Å²) in [6.07, 6.45) is 2.58. The van der Waals surface area contributed by atoms with Crippen LogP contribution in [0.15, 0.2) is 30.3 Å². The lowest BCUT2D eigenvalue weighted by Gasteiger charge is -2.37. The van der Waals surface area contributed by atoms with E-state index in [-0.39, 0.29) is 30.6 Å². The van der Waals surface area contributed by atoms with Gasteiger partial charge >= 0.3 is 0 Å². The van der Waals surface area contributed by atoms with Gasteiger partial charge in [-0.3, -0.25) is 9.59 Å². The molecule has 0 aliphatic carbocycles.